The van der Waals surface area contributed by atoms with Crippen LogP contribution in [0.4, 0.5) is 0 Å². The molecule has 2 unspecified atom stereocenters. The van der Waals surface area contributed by atoms with Crippen molar-refractivity contribution in [2.75, 3.05) is 0 Å². The molecule has 1 aliphatic rings. The molecule has 0 aromatic rings. The SMILES string of the molecule is CCC(C)C(C)NC(=O)[C@@H]1CCCC[C@@H]1C(=O)O. The zero-order valence-corrected chi connectivity index (χ0v) is 11.6. The van der Waals surface area contributed by atoms with Crippen LogP contribution >= 0.6 is 0 Å². The maximum Gasteiger partial charge on any atom is 0.307 e. The van der Waals surface area contributed by atoms with Crippen molar-refractivity contribution in [1.29, 1.82) is 0 Å². The standard InChI is InChI=1S/C14H25NO3/c1-4-9(2)10(3)15-13(16)11-7-5-6-8-12(11)14(17)18/h9-12H,4-8H2,1-3H3,(H,15,16)(H,17,18)/t9?,10?,11-,12+/m1/s1. The number of amides is 1. The minimum absolute atomic E-state index is 0.0742. The monoisotopic (exact) mass is 255 g/mol. The van der Waals surface area contributed by atoms with Gasteiger partial charge in [-0.05, 0) is 25.7 Å². The average Bonchev–Trinajstić information content (AvgIpc) is 2.37. The topological polar surface area (TPSA) is 66.4 Å². The molecule has 1 saturated carbocycles. The van der Waals surface area contributed by atoms with E-state index in [2.05, 4.69) is 19.2 Å². The fraction of sp³-hybridized carbons (Fsp3) is 0.857. The molecule has 4 heteroatoms. The summed E-state index contributed by atoms with van der Waals surface area (Å²) in [7, 11) is 0. The quantitative estimate of drug-likeness (QED) is 0.793. The third kappa shape index (κ3) is 3.72. The molecule has 0 heterocycles. The van der Waals surface area contributed by atoms with Gasteiger partial charge < -0.3 is 10.4 Å². The fourth-order valence-corrected chi connectivity index (χ4v) is 2.57. The Morgan fingerprint density at radius 1 is 1.22 bits per heavy atom. The smallest absolute Gasteiger partial charge is 0.307 e. The van der Waals surface area contributed by atoms with Gasteiger partial charge in [0.1, 0.15) is 0 Å². The second-order valence-corrected chi connectivity index (χ2v) is 5.52. The van der Waals surface area contributed by atoms with Gasteiger partial charge >= 0.3 is 5.97 Å². The number of rotatable bonds is 5. The van der Waals surface area contributed by atoms with Crippen molar-refractivity contribution >= 4 is 11.9 Å². The van der Waals surface area contributed by atoms with E-state index < -0.39 is 11.9 Å². The Hall–Kier alpha value is -1.06. The van der Waals surface area contributed by atoms with Gasteiger partial charge in [0.2, 0.25) is 5.91 Å². The van der Waals surface area contributed by atoms with Crippen LogP contribution in [0.3, 0.4) is 0 Å². The Kier molecular flexibility index (Phi) is 5.63. The minimum atomic E-state index is -0.828. The average molecular weight is 255 g/mol. The van der Waals surface area contributed by atoms with E-state index in [1.165, 1.54) is 0 Å². The molecule has 4 nitrogen and oxygen atoms in total. The Morgan fingerprint density at radius 2 is 1.78 bits per heavy atom. The lowest BCUT2D eigenvalue weighted by Gasteiger charge is -2.30. The zero-order valence-electron chi connectivity index (χ0n) is 11.6. The minimum Gasteiger partial charge on any atom is -0.481 e. The largest absolute Gasteiger partial charge is 0.481 e. The number of carbonyl (C=O) groups is 2. The summed E-state index contributed by atoms with van der Waals surface area (Å²) in [6.07, 6.45) is 4.22. The van der Waals surface area contributed by atoms with E-state index in [0.29, 0.717) is 18.8 Å². The molecule has 1 aliphatic carbocycles. The van der Waals surface area contributed by atoms with E-state index in [1.54, 1.807) is 0 Å². The van der Waals surface area contributed by atoms with Crippen LogP contribution in [0.15, 0.2) is 0 Å². The molecule has 1 fully saturated rings. The van der Waals surface area contributed by atoms with Gasteiger partial charge in [0.05, 0.1) is 11.8 Å². The van der Waals surface area contributed by atoms with Gasteiger partial charge in [-0.2, -0.15) is 0 Å². The summed E-state index contributed by atoms with van der Waals surface area (Å²) in [5.74, 6) is -1.33. The molecule has 0 aliphatic heterocycles. The van der Waals surface area contributed by atoms with Crippen LogP contribution in [0.1, 0.15) is 52.9 Å². The summed E-state index contributed by atoms with van der Waals surface area (Å²) in [6.45, 7) is 6.18. The molecule has 104 valence electrons. The van der Waals surface area contributed by atoms with Crippen molar-refractivity contribution in [1.82, 2.24) is 5.32 Å². The first kappa shape index (κ1) is 15.0. The lowest BCUT2D eigenvalue weighted by molar-refractivity contribution is -0.149. The molecule has 0 radical (unpaired) electrons. The van der Waals surface area contributed by atoms with Gasteiger partial charge in [-0.25, -0.2) is 0 Å². The first-order valence-electron chi connectivity index (χ1n) is 7.00. The van der Waals surface area contributed by atoms with Crippen LogP contribution in [0.2, 0.25) is 0 Å². The third-order valence-electron chi connectivity index (χ3n) is 4.29. The highest BCUT2D eigenvalue weighted by atomic mass is 16.4. The van der Waals surface area contributed by atoms with Crippen molar-refractivity contribution in [2.24, 2.45) is 17.8 Å². The van der Waals surface area contributed by atoms with Crippen molar-refractivity contribution in [3.05, 3.63) is 0 Å². The summed E-state index contributed by atoms with van der Waals surface area (Å²) in [4.78, 5) is 23.3. The Balaban J connectivity index is 2.61. The number of carboxylic acids is 1. The summed E-state index contributed by atoms with van der Waals surface area (Å²) in [5, 5.41) is 12.1. The van der Waals surface area contributed by atoms with Gasteiger partial charge in [-0.1, -0.05) is 33.1 Å². The van der Waals surface area contributed by atoms with Gasteiger partial charge in [0.25, 0.3) is 0 Å². The van der Waals surface area contributed by atoms with Crippen LogP contribution in [-0.4, -0.2) is 23.0 Å². The van der Waals surface area contributed by atoms with Crippen LogP contribution in [0.5, 0.6) is 0 Å². The molecule has 1 amide bonds. The Bertz CT molecular complexity index is 303. The second-order valence-electron chi connectivity index (χ2n) is 5.52. The second kappa shape index (κ2) is 6.76. The van der Waals surface area contributed by atoms with Crippen molar-refractivity contribution in [3.63, 3.8) is 0 Å². The molecular formula is C14H25NO3. The molecular weight excluding hydrogens is 230 g/mol. The highest BCUT2D eigenvalue weighted by Crippen LogP contribution is 2.30. The first-order valence-corrected chi connectivity index (χ1v) is 7.00. The molecule has 4 atom stereocenters. The number of nitrogens with one attached hydrogen (secondary N) is 1. The molecule has 0 bridgehead atoms. The van der Waals surface area contributed by atoms with Crippen LogP contribution in [0, 0.1) is 17.8 Å². The predicted octanol–water partition coefficient (Wildman–Crippen LogP) is 2.43. The number of carboxylic acid groups (broad SMARTS) is 1. The maximum absolute atomic E-state index is 12.2. The number of aliphatic carboxylic acids is 1. The van der Waals surface area contributed by atoms with Gasteiger partial charge in [0, 0.05) is 6.04 Å². The van der Waals surface area contributed by atoms with Gasteiger partial charge in [0.15, 0.2) is 0 Å². The van der Waals surface area contributed by atoms with Crippen molar-refractivity contribution in [3.8, 4) is 0 Å². The van der Waals surface area contributed by atoms with Gasteiger partial charge in [-0.3, -0.25) is 9.59 Å². The normalized spacial score (nSPS) is 27.3. The van der Waals surface area contributed by atoms with E-state index in [1.807, 2.05) is 6.92 Å². The number of hydrogen-bond acceptors (Lipinski definition) is 2. The molecule has 0 spiro atoms. The highest BCUT2D eigenvalue weighted by molar-refractivity contribution is 5.85. The van der Waals surface area contributed by atoms with E-state index >= 15 is 0 Å². The maximum atomic E-state index is 12.2. The Morgan fingerprint density at radius 3 is 2.28 bits per heavy atom. The molecule has 18 heavy (non-hydrogen) atoms. The molecule has 0 aromatic carbocycles. The molecule has 0 aromatic heterocycles. The van der Waals surface area contributed by atoms with Crippen molar-refractivity contribution < 1.29 is 14.7 Å². The van der Waals surface area contributed by atoms with Gasteiger partial charge in [-0.15, -0.1) is 0 Å². The molecule has 1 rings (SSSR count). The number of hydrogen-bond donors (Lipinski definition) is 2. The number of carbonyl (C=O) groups excluding carboxylic acids is 1. The molecule has 0 saturated heterocycles. The fourth-order valence-electron chi connectivity index (χ4n) is 2.57. The Labute approximate surface area is 109 Å². The third-order valence-corrected chi connectivity index (χ3v) is 4.29. The van der Waals surface area contributed by atoms with Crippen LogP contribution < -0.4 is 5.32 Å². The lowest BCUT2D eigenvalue weighted by Crippen LogP contribution is -2.45. The molecule has 2 N–H and O–H groups in total. The summed E-state index contributed by atoms with van der Waals surface area (Å²) < 4.78 is 0. The van der Waals surface area contributed by atoms with E-state index in [9.17, 15) is 9.59 Å². The summed E-state index contributed by atoms with van der Waals surface area (Å²) >= 11 is 0. The summed E-state index contributed by atoms with van der Waals surface area (Å²) in [6, 6.07) is 0.110. The van der Waals surface area contributed by atoms with E-state index in [4.69, 9.17) is 5.11 Å². The zero-order chi connectivity index (χ0) is 13.7. The van der Waals surface area contributed by atoms with Crippen molar-refractivity contribution in [2.45, 2.75) is 58.9 Å². The first-order chi connectivity index (χ1) is 8.47. The predicted molar refractivity (Wildman–Crippen MR) is 70.1 cm³/mol. The summed E-state index contributed by atoms with van der Waals surface area (Å²) in [5.41, 5.74) is 0. The van der Waals surface area contributed by atoms with Crippen LogP contribution in [0.25, 0.3) is 0 Å². The van der Waals surface area contributed by atoms with E-state index in [-0.39, 0.29) is 17.9 Å². The van der Waals surface area contributed by atoms with E-state index in [0.717, 1.165) is 19.3 Å². The highest BCUT2D eigenvalue weighted by Gasteiger charge is 2.36. The lowest BCUT2D eigenvalue weighted by atomic mass is 9.78. The van der Waals surface area contributed by atoms with Crippen LogP contribution in [-0.2, 0) is 9.59 Å².